The van der Waals surface area contributed by atoms with Crippen LogP contribution in [0.3, 0.4) is 0 Å². The first-order valence-corrected chi connectivity index (χ1v) is 7.09. The number of alkyl halides is 1. The fourth-order valence-electron chi connectivity index (χ4n) is 2.37. The number of nitrogens with zero attached hydrogens (tertiary/aromatic N) is 1. The molecule has 0 N–H and O–H groups in total. The molecule has 1 aromatic carbocycles. The van der Waals surface area contributed by atoms with Gasteiger partial charge in [-0.1, -0.05) is 26.0 Å². The summed E-state index contributed by atoms with van der Waals surface area (Å²) in [4.78, 5) is 14.3. The highest BCUT2D eigenvalue weighted by Gasteiger charge is 2.26. The number of carbonyl (C=O) groups is 1. The zero-order chi connectivity index (χ0) is 13.1. The molecule has 1 heterocycles. The molecule has 3 heteroatoms. The lowest BCUT2D eigenvalue weighted by atomic mass is 9.88. The number of piperidine rings is 1. The van der Waals surface area contributed by atoms with Crippen LogP contribution in [0.4, 0.5) is 0 Å². The van der Waals surface area contributed by atoms with Crippen molar-refractivity contribution in [1.29, 1.82) is 0 Å². The predicted octanol–water partition coefficient (Wildman–Crippen LogP) is 3.54. The lowest BCUT2D eigenvalue weighted by Gasteiger charge is -2.35. The molecule has 18 heavy (non-hydrogen) atoms. The normalized spacial score (nSPS) is 24.1. The Labute approximate surface area is 114 Å². The van der Waals surface area contributed by atoms with Crippen molar-refractivity contribution in [3.63, 3.8) is 0 Å². The maximum atomic E-state index is 12.3. The van der Waals surface area contributed by atoms with Gasteiger partial charge in [-0.25, -0.2) is 0 Å². The van der Waals surface area contributed by atoms with Crippen LogP contribution in [0.5, 0.6) is 0 Å². The van der Waals surface area contributed by atoms with Gasteiger partial charge in [-0.2, -0.15) is 0 Å². The van der Waals surface area contributed by atoms with Crippen LogP contribution < -0.4 is 0 Å². The molecule has 1 aliphatic rings. The molecule has 0 radical (unpaired) electrons. The number of hydrogen-bond acceptors (Lipinski definition) is 1. The SMILES string of the molecule is CC1CCN(C(=O)c2ccc(CCl)cc2)CC1C. The van der Waals surface area contributed by atoms with Crippen LogP contribution in [-0.2, 0) is 5.88 Å². The molecule has 98 valence electrons. The second-order valence-electron chi connectivity index (χ2n) is 5.32. The summed E-state index contributed by atoms with van der Waals surface area (Å²) in [6, 6.07) is 7.61. The van der Waals surface area contributed by atoms with E-state index in [2.05, 4.69) is 13.8 Å². The summed E-state index contributed by atoms with van der Waals surface area (Å²) in [6.45, 7) is 6.24. The summed E-state index contributed by atoms with van der Waals surface area (Å²) in [6.07, 6.45) is 1.10. The monoisotopic (exact) mass is 265 g/mol. The average molecular weight is 266 g/mol. The van der Waals surface area contributed by atoms with Crippen LogP contribution in [0, 0.1) is 11.8 Å². The average Bonchev–Trinajstić information content (AvgIpc) is 2.41. The molecule has 1 aromatic rings. The zero-order valence-electron chi connectivity index (χ0n) is 11.0. The van der Waals surface area contributed by atoms with E-state index >= 15 is 0 Å². The van der Waals surface area contributed by atoms with Crippen molar-refractivity contribution in [1.82, 2.24) is 4.90 Å². The van der Waals surface area contributed by atoms with Gasteiger partial charge < -0.3 is 4.90 Å². The van der Waals surface area contributed by atoms with E-state index in [9.17, 15) is 4.79 Å². The van der Waals surface area contributed by atoms with E-state index < -0.39 is 0 Å². The fraction of sp³-hybridized carbons (Fsp3) is 0.533. The molecule has 2 nitrogen and oxygen atoms in total. The number of benzene rings is 1. The minimum Gasteiger partial charge on any atom is -0.338 e. The van der Waals surface area contributed by atoms with Crippen LogP contribution >= 0.6 is 11.6 Å². The van der Waals surface area contributed by atoms with Gasteiger partial charge >= 0.3 is 0 Å². The molecule has 2 rings (SSSR count). The van der Waals surface area contributed by atoms with E-state index in [-0.39, 0.29) is 5.91 Å². The quantitative estimate of drug-likeness (QED) is 0.749. The molecular weight excluding hydrogens is 246 g/mol. The summed E-state index contributed by atoms with van der Waals surface area (Å²) >= 11 is 5.75. The van der Waals surface area contributed by atoms with Crippen LogP contribution in [0.25, 0.3) is 0 Å². The van der Waals surface area contributed by atoms with Crippen molar-refractivity contribution >= 4 is 17.5 Å². The Morgan fingerprint density at radius 1 is 1.28 bits per heavy atom. The molecule has 0 spiro atoms. The van der Waals surface area contributed by atoms with E-state index in [1.54, 1.807) is 0 Å². The third kappa shape index (κ3) is 2.86. The maximum Gasteiger partial charge on any atom is 0.253 e. The first kappa shape index (κ1) is 13.4. The molecule has 0 bridgehead atoms. The minimum atomic E-state index is 0.148. The number of likely N-dealkylation sites (tertiary alicyclic amines) is 1. The standard InChI is InChI=1S/C15H20ClNO/c1-11-7-8-17(10-12(11)2)15(18)14-5-3-13(9-16)4-6-14/h3-6,11-12H,7-10H2,1-2H3. The van der Waals surface area contributed by atoms with Gasteiger partial charge in [-0.3, -0.25) is 4.79 Å². The number of halogens is 1. The minimum absolute atomic E-state index is 0.148. The highest BCUT2D eigenvalue weighted by Crippen LogP contribution is 2.23. The van der Waals surface area contributed by atoms with E-state index in [1.807, 2.05) is 29.2 Å². The Balaban J connectivity index is 2.06. The first-order valence-electron chi connectivity index (χ1n) is 6.56. The molecule has 2 unspecified atom stereocenters. The Morgan fingerprint density at radius 3 is 2.50 bits per heavy atom. The van der Waals surface area contributed by atoms with Crippen LogP contribution in [-0.4, -0.2) is 23.9 Å². The van der Waals surface area contributed by atoms with Gasteiger partial charge in [0.2, 0.25) is 0 Å². The van der Waals surface area contributed by atoms with Crippen LogP contribution in [0.2, 0.25) is 0 Å². The Morgan fingerprint density at radius 2 is 1.94 bits per heavy atom. The lowest BCUT2D eigenvalue weighted by Crippen LogP contribution is -2.42. The molecule has 1 amide bonds. The Bertz CT molecular complexity index is 415. The summed E-state index contributed by atoms with van der Waals surface area (Å²) in [7, 11) is 0. The van der Waals surface area contributed by atoms with E-state index in [4.69, 9.17) is 11.6 Å². The van der Waals surface area contributed by atoms with E-state index in [0.29, 0.717) is 17.7 Å². The van der Waals surface area contributed by atoms with Crippen molar-refractivity contribution in [2.24, 2.45) is 11.8 Å². The second-order valence-corrected chi connectivity index (χ2v) is 5.59. The number of carbonyl (C=O) groups excluding carboxylic acids is 1. The summed E-state index contributed by atoms with van der Waals surface area (Å²) in [5.74, 6) is 1.94. The maximum absolute atomic E-state index is 12.3. The zero-order valence-corrected chi connectivity index (χ0v) is 11.8. The fourth-order valence-corrected chi connectivity index (χ4v) is 2.54. The Hall–Kier alpha value is -1.02. The van der Waals surface area contributed by atoms with Crippen molar-refractivity contribution in [2.75, 3.05) is 13.1 Å². The third-order valence-corrected chi connectivity index (χ3v) is 4.29. The molecular formula is C15H20ClNO. The Kier molecular flexibility index (Phi) is 4.28. The van der Waals surface area contributed by atoms with Gasteiger partial charge in [0, 0.05) is 24.5 Å². The van der Waals surface area contributed by atoms with Crippen molar-refractivity contribution < 1.29 is 4.79 Å². The van der Waals surface area contributed by atoms with Crippen LogP contribution in [0.1, 0.15) is 36.2 Å². The third-order valence-electron chi connectivity index (χ3n) is 3.98. The van der Waals surface area contributed by atoms with Gasteiger partial charge in [0.25, 0.3) is 5.91 Å². The van der Waals surface area contributed by atoms with Crippen LogP contribution in [0.15, 0.2) is 24.3 Å². The van der Waals surface area contributed by atoms with Gasteiger partial charge in [0.1, 0.15) is 0 Å². The molecule has 0 aromatic heterocycles. The number of hydrogen-bond donors (Lipinski definition) is 0. The molecule has 1 saturated heterocycles. The van der Waals surface area contributed by atoms with Gasteiger partial charge in [0.05, 0.1) is 0 Å². The second kappa shape index (κ2) is 5.75. The molecule has 1 aliphatic heterocycles. The van der Waals surface area contributed by atoms with Crippen molar-refractivity contribution in [3.8, 4) is 0 Å². The molecule has 0 saturated carbocycles. The van der Waals surface area contributed by atoms with Gasteiger partial charge in [-0.15, -0.1) is 11.6 Å². The first-order chi connectivity index (χ1) is 8.61. The largest absolute Gasteiger partial charge is 0.338 e. The summed E-state index contributed by atoms with van der Waals surface area (Å²) in [5.41, 5.74) is 1.82. The summed E-state index contributed by atoms with van der Waals surface area (Å²) in [5, 5.41) is 0. The highest BCUT2D eigenvalue weighted by atomic mass is 35.5. The van der Waals surface area contributed by atoms with E-state index in [0.717, 1.165) is 30.6 Å². The van der Waals surface area contributed by atoms with Gasteiger partial charge in [-0.05, 0) is 36.0 Å². The van der Waals surface area contributed by atoms with Crippen molar-refractivity contribution in [3.05, 3.63) is 35.4 Å². The van der Waals surface area contributed by atoms with Crippen molar-refractivity contribution in [2.45, 2.75) is 26.1 Å². The number of amides is 1. The molecule has 1 fully saturated rings. The highest BCUT2D eigenvalue weighted by molar-refractivity contribution is 6.17. The number of rotatable bonds is 2. The topological polar surface area (TPSA) is 20.3 Å². The van der Waals surface area contributed by atoms with Gasteiger partial charge in [0.15, 0.2) is 0 Å². The van der Waals surface area contributed by atoms with E-state index in [1.165, 1.54) is 0 Å². The smallest absolute Gasteiger partial charge is 0.253 e. The summed E-state index contributed by atoms with van der Waals surface area (Å²) < 4.78 is 0. The molecule has 0 aliphatic carbocycles. The predicted molar refractivity (Wildman–Crippen MR) is 74.8 cm³/mol. The molecule has 2 atom stereocenters. The lowest BCUT2D eigenvalue weighted by molar-refractivity contribution is 0.0627.